The molecule has 0 N–H and O–H groups in total. The number of aromatic nitrogens is 3. The molecule has 11 heteroatoms. The highest BCUT2D eigenvalue weighted by molar-refractivity contribution is 7.84. The Kier molecular flexibility index (Phi) is 7.89. The van der Waals surface area contributed by atoms with Crippen LogP contribution >= 0.6 is 12.4 Å². The quantitative estimate of drug-likeness (QED) is 0.642. The summed E-state index contributed by atoms with van der Waals surface area (Å²) in [5, 5.41) is 0. The van der Waals surface area contributed by atoms with Crippen LogP contribution in [0.2, 0.25) is 0 Å². The van der Waals surface area contributed by atoms with E-state index in [0.717, 1.165) is 43.0 Å². The number of amides is 1. The van der Waals surface area contributed by atoms with Crippen LogP contribution in [0.3, 0.4) is 0 Å². The molecule has 4 rings (SSSR count). The summed E-state index contributed by atoms with van der Waals surface area (Å²) in [5.74, 6) is 2.15. The Bertz CT molecular complexity index is 967. The predicted molar refractivity (Wildman–Crippen MR) is 123 cm³/mol. The van der Waals surface area contributed by atoms with Gasteiger partial charge in [-0.25, -0.2) is 19.7 Å². The van der Waals surface area contributed by atoms with Crippen molar-refractivity contribution in [3.63, 3.8) is 0 Å². The molecule has 2 aliphatic heterocycles. The summed E-state index contributed by atoms with van der Waals surface area (Å²) < 4.78 is 23.1. The lowest BCUT2D eigenvalue weighted by atomic mass is 10.1. The number of likely N-dealkylation sites (tertiary alicyclic amines) is 1. The van der Waals surface area contributed by atoms with Crippen molar-refractivity contribution in [2.75, 3.05) is 30.8 Å². The molecule has 2 aliphatic rings. The largest absolute Gasteiger partial charge is 0.474 e. The van der Waals surface area contributed by atoms with Gasteiger partial charge in [-0.3, -0.25) is 4.21 Å². The average molecular weight is 482 g/mol. The van der Waals surface area contributed by atoms with Gasteiger partial charge in [0.25, 0.3) is 0 Å². The maximum absolute atomic E-state index is 12.1. The van der Waals surface area contributed by atoms with Crippen LogP contribution in [0.15, 0.2) is 29.6 Å². The minimum absolute atomic E-state index is 0. The first kappa shape index (κ1) is 24.2. The van der Waals surface area contributed by atoms with Gasteiger partial charge in [-0.05, 0) is 32.4 Å². The highest BCUT2D eigenvalue weighted by Crippen LogP contribution is 2.36. The Balaban J connectivity index is 0.00000289. The number of rotatable bonds is 5. The van der Waals surface area contributed by atoms with Gasteiger partial charge in [0.05, 0.1) is 27.4 Å². The minimum Gasteiger partial charge on any atom is -0.474 e. The van der Waals surface area contributed by atoms with E-state index in [4.69, 9.17) is 9.47 Å². The molecular formula is C21H28ClN5O4S. The zero-order valence-corrected chi connectivity index (χ0v) is 20.0. The van der Waals surface area contributed by atoms with E-state index in [2.05, 4.69) is 15.0 Å². The van der Waals surface area contributed by atoms with Crippen molar-refractivity contribution in [1.29, 1.82) is 0 Å². The molecule has 0 aromatic carbocycles. The second-order valence-electron chi connectivity index (χ2n) is 7.93. The molecule has 2 aromatic heterocycles. The van der Waals surface area contributed by atoms with E-state index in [1.165, 1.54) is 6.33 Å². The van der Waals surface area contributed by atoms with Gasteiger partial charge in [-0.15, -0.1) is 12.4 Å². The fourth-order valence-electron chi connectivity index (χ4n) is 3.79. The van der Waals surface area contributed by atoms with E-state index in [1.807, 2.05) is 30.9 Å². The molecule has 1 atom stereocenters. The zero-order chi connectivity index (χ0) is 22.0. The van der Waals surface area contributed by atoms with Crippen LogP contribution in [0.4, 0.5) is 16.4 Å². The fraction of sp³-hybridized carbons (Fsp3) is 0.524. The number of piperidine rings is 1. The zero-order valence-electron chi connectivity index (χ0n) is 18.4. The third-order valence-electron chi connectivity index (χ3n) is 5.37. The van der Waals surface area contributed by atoms with Gasteiger partial charge in [-0.2, -0.15) is 0 Å². The van der Waals surface area contributed by atoms with E-state index in [1.54, 1.807) is 17.4 Å². The first-order valence-electron chi connectivity index (χ1n) is 10.5. The number of hydrogen-bond acceptors (Lipinski definition) is 8. The maximum atomic E-state index is 12.1. The second-order valence-corrected chi connectivity index (χ2v) is 9.31. The molecule has 0 spiro atoms. The van der Waals surface area contributed by atoms with Gasteiger partial charge in [0.1, 0.15) is 24.1 Å². The van der Waals surface area contributed by atoms with Crippen molar-refractivity contribution in [2.45, 2.75) is 50.2 Å². The van der Waals surface area contributed by atoms with Crippen molar-refractivity contribution in [1.82, 2.24) is 19.9 Å². The highest BCUT2D eigenvalue weighted by Gasteiger charge is 2.30. The Morgan fingerprint density at radius 2 is 1.91 bits per heavy atom. The van der Waals surface area contributed by atoms with Crippen LogP contribution in [0.25, 0.3) is 0 Å². The first-order chi connectivity index (χ1) is 14.9. The number of fused-ring (bicyclic) bond motifs is 1. The summed E-state index contributed by atoms with van der Waals surface area (Å²) in [5.41, 5.74) is 0.967. The third kappa shape index (κ3) is 5.29. The van der Waals surface area contributed by atoms with Crippen LogP contribution < -0.4 is 9.64 Å². The van der Waals surface area contributed by atoms with Crippen molar-refractivity contribution in [2.24, 2.45) is 0 Å². The number of nitrogens with zero attached hydrogens (tertiary/aromatic N) is 5. The number of anilines is 2. The van der Waals surface area contributed by atoms with E-state index in [9.17, 15) is 9.00 Å². The number of hydrogen-bond donors (Lipinski definition) is 0. The molecule has 0 aliphatic carbocycles. The molecule has 174 valence electrons. The predicted octanol–water partition coefficient (Wildman–Crippen LogP) is 3.11. The van der Waals surface area contributed by atoms with Crippen molar-refractivity contribution in [3.8, 4) is 5.88 Å². The van der Waals surface area contributed by atoms with E-state index in [-0.39, 0.29) is 30.7 Å². The molecule has 4 heterocycles. The Hall–Kier alpha value is -2.46. The van der Waals surface area contributed by atoms with Crippen molar-refractivity contribution in [3.05, 3.63) is 30.2 Å². The molecule has 32 heavy (non-hydrogen) atoms. The van der Waals surface area contributed by atoms with Gasteiger partial charge < -0.3 is 19.3 Å². The average Bonchev–Trinajstić information content (AvgIpc) is 3.19. The molecule has 1 fully saturated rings. The number of pyridine rings is 1. The summed E-state index contributed by atoms with van der Waals surface area (Å²) >= 11 is 0. The molecular weight excluding hydrogens is 454 g/mol. The molecule has 0 bridgehead atoms. The summed E-state index contributed by atoms with van der Waals surface area (Å²) in [6.07, 6.45) is 6.61. The summed E-state index contributed by atoms with van der Waals surface area (Å²) in [4.78, 5) is 29.8. The monoisotopic (exact) mass is 481 g/mol. The molecule has 9 nitrogen and oxygen atoms in total. The normalized spacial score (nSPS) is 17.0. The summed E-state index contributed by atoms with van der Waals surface area (Å²) in [6, 6.07) is 3.69. The smallest absolute Gasteiger partial charge is 0.410 e. The topological polar surface area (TPSA) is 97.7 Å². The molecule has 1 saturated heterocycles. The standard InChI is InChI=1S/C21H27N5O4S.ClH/c1-14(2)29-21(27)25-9-6-15(7-10-25)30-20-17-8-11-26(19(17)23-13-24-20)18-5-4-16(12-22-18)31(3)28;/h4-5,12-15H,6-11H2,1-3H3;1H. The van der Waals surface area contributed by atoms with E-state index < -0.39 is 10.8 Å². The SMILES string of the molecule is CC(C)OC(=O)N1CCC(Oc2ncnc3c2CCN3c2ccc(S(C)=O)cn2)CC1.Cl. The van der Waals surface area contributed by atoms with Gasteiger partial charge in [0.15, 0.2) is 0 Å². The van der Waals surface area contributed by atoms with E-state index >= 15 is 0 Å². The fourth-order valence-corrected chi connectivity index (χ4v) is 4.25. The van der Waals surface area contributed by atoms with Gasteiger partial charge in [0.2, 0.25) is 5.88 Å². The number of carbonyl (C=O) groups is 1. The third-order valence-corrected chi connectivity index (χ3v) is 6.27. The number of ether oxygens (including phenoxy) is 2. The molecule has 2 aromatic rings. The maximum Gasteiger partial charge on any atom is 0.410 e. The van der Waals surface area contributed by atoms with Gasteiger partial charge >= 0.3 is 6.09 Å². The summed E-state index contributed by atoms with van der Waals surface area (Å²) in [6.45, 7) is 5.63. The molecule has 1 unspecified atom stereocenters. The van der Waals surface area contributed by atoms with Crippen molar-refractivity contribution >= 4 is 40.9 Å². The van der Waals surface area contributed by atoms with Gasteiger partial charge in [0, 0.05) is 44.9 Å². The number of halogens is 1. The summed E-state index contributed by atoms with van der Waals surface area (Å²) in [7, 11) is -1.06. The lowest BCUT2D eigenvalue weighted by Gasteiger charge is -2.32. The first-order valence-corrected chi connectivity index (χ1v) is 12.0. The second kappa shape index (κ2) is 10.4. The number of carbonyl (C=O) groups excluding carboxylic acids is 1. The minimum atomic E-state index is -1.06. The van der Waals surface area contributed by atoms with Gasteiger partial charge in [-0.1, -0.05) is 0 Å². The highest BCUT2D eigenvalue weighted by atomic mass is 35.5. The Morgan fingerprint density at radius 3 is 2.53 bits per heavy atom. The van der Waals surface area contributed by atoms with Crippen LogP contribution in [-0.2, 0) is 22.0 Å². The van der Waals surface area contributed by atoms with E-state index in [0.29, 0.717) is 23.9 Å². The van der Waals surface area contributed by atoms with Crippen molar-refractivity contribution < 1.29 is 18.5 Å². The Labute approximate surface area is 196 Å². The molecule has 0 saturated carbocycles. The van der Waals surface area contributed by atoms with Crippen LogP contribution in [0, 0.1) is 0 Å². The Morgan fingerprint density at radius 1 is 1.16 bits per heavy atom. The molecule has 1 amide bonds. The van der Waals surface area contributed by atoms with Crippen LogP contribution in [0.5, 0.6) is 5.88 Å². The molecule has 0 radical (unpaired) electrons. The lowest BCUT2D eigenvalue weighted by molar-refractivity contribution is 0.0505. The lowest BCUT2D eigenvalue weighted by Crippen LogP contribution is -2.42. The van der Waals surface area contributed by atoms with Crippen LogP contribution in [-0.4, -0.2) is 68.3 Å². The van der Waals surface area contributed by atoms with Crippen LogP contribution in [0.1, 0.15) is 32.3 Å².